The fraction of sp³-hybridized carbons (Fsp3) is 0.667. The van der Waals surface area contributed by atoms with E-state index in [-0.39, 0.29) is 0 Å². The lowest BCUT2D eigenvalue weighted by molar-refractivity contribution is 0.206. The predicted molar refractivity (Wildman–Crippen MR) is 65.5 cm³/mol. The van der Waals surface area contributed by atoms with E-state index in [1.807, 2.05) is 13.0 Å². The summed E-state index contributed by atoms with van der Waals surface area (Å²) in [6.45, 7) is 6.60. The molecule has 2 heterocycles. The summed E-state index contributed by atoms with van der Waals surface area (Å²) in [6, 6.07) is 2.54. The lowest BCUT2D eigenvalue weighted by Gasteiger charge is -2.35. The summed E-state index contributed by atoms with van der Waals surface area (Å²) in [6.07, 6.45) is 2.80. The Morgan fingerprint density at radius 3 is 2.94 bits per heavy atom. The molecule has 2 unspecified atom stereocenters. The second kappa shape index (κ2) is 4.78. The van der Waals surface area contributed by atoms with Crippen LogP contribution in [0.25, 0.3) is 0 Å². The first-order valence-electron chi connectivity index (χ1n) is 5.89. The van der Waals surface area contributed by atoms with Crippen LogP contribution in [-0.4, -0.2) is 41.0 Å². The van der Waals surface area contributed by atoms with E-state index in [0.717, 1.165) is 24.6 Å². The summed E-state index contributed by atoms with van der Waals surface area (Å²) >= 11 is 0. The molecule has 1 N–H and O–H groups in total. The molecule has 1 fully saturated rings. The Labute approximate surface area is 97.1 Å². The van der Waals surface area contributed by atoms with Crippen molar-refractivity contribution < 1.29 is 0 Å². The number of hydrogen-bond acceptors (Lipinski definition) is 4. The number of aryl methyl sites for hydroxylation is 1. The molecule has 1 aromatic heterocycles. The molecular weight excluding hydrogens is 200 g/mol. The van der Waals surface area contributed by atoms with Crippen LogP contribution in [-0.2, 0) is 0 Å². The molecule has 0 spiro atoms. The van der Waals surface area contributed by atoms with E-state index >= 15 is 0 Å². The van der Waals surface area contributed by atoms with Gasteiger partial charge in [-0.15, -0.1) is 0 Å². The Hall–Kier alpha value is -1.16. The van der Waals surface area contributed by atoms with Gasteiger partial charge < -0.3 is 10.2 Å². The first kappa shape index (κ1) is 11.3. The minimum absolute atomic E-state index is 0.533. The molecule has 2 atom stereocenters. The van der Waals surface area contributed by atoms with E-state index < -0.39 is 0 Å². The summed E-state index contributed by atoms with van der Waals surface area (Å²) in [5.74, 6) is 1.61. The van der Waals surface area contributed by atoms with Crippen LogP contribution >= 0.6 is 0 Å². The molecule has 88 valence electrons. The third-order valence-corrected chi connectivity index (χ3v) is 3.25. The Kier molecular flexibility index (Phi) is 3.39. The van der Waals surface area contributed by atoms with Crippen molar-refractivity contribution in [3.8, 4) is 0 Å². The van der Waals surface area contributed by atoms with Crippen LogP contribution < -0.4 is 5.32 Å². The summed E-state index contributed by atoms with van der Waals surface area (Å²) in [7, 11) is 2.18. The Morgan fingerprint density at radius 1 is 1.44 bits per heavy atom. The minimum atomic E-state index is 0.533. The van der Waals surface area contributed by atoms with Gasteiger partial charge in [-0.3, -0.25) is 0 Å². The summed E-state index contributed by atoms with van der Waals surface area (Å²) < 4.78 is 0. The molecule has 1 aliphatic rings. The summed E-state index contributed by atoms with van der Waals surface area (Å²) in [5, 5.41) is 3.51. The average molecular weight is 220 g/mol. The molecule has 1 saturated heterocycles. The monoisotopic (exact) mass is 220 g/mol. The average Bonchev–Trinajstić information content (AvgIpc) is 2.22. The van der Waals surface area contributed by atoms with Crippen LogP contribution in [0.1, 0.15) is 19.0 Å². The number of nitrogens with one attached hydrogen (secondary N) is 1. The van der Waals surface area contributed by atoms with Crippen molar-refractivity contribution in [3.63, 3.8) is 0 Å². The number of anilines is 1. The van der Waals surface area contributed by atoms with Crippen molar-refractivity contribution in [2.45, 2.75) is 26.3 Å². The molecule has 0 aromatic carbocycles. The van der Waals surface area contributed by atoms with Gasteiger partial charge in [-0.2, -0.15) is 0 Å². The molecule has 0 aliphatic carbocycles. The SMILES string of the molecule is Cc1cc(NC2CCN(C)CC2C)ncn1. The van der Waals surface area contributed by atoms with Crippen molar-refractivity contribution in [2.24, 2.45) is 5.92 Å². The van der Waals surface area contributed by atoms with Crippen LogP contribution in [0.15, 0.2) is 12.4 Å². The Bertz CT molecular complexity index is 353. The normalized spacial score (nSPS) is 26.7. The maximum atomic E-state index is 4.25. The number of likely N-dealkylation sites (tertiary alicyclic amines) is 1. The van der Waals surface area contributed by atoms with Gasteiger partial charge >= 0.3 is 0 Å². The van der Waals surface area contributed by atoms with Gasteiger partial charge in [-0.1, -0.05) is 6.92 Å². The molecule has 1 aromatic rings. The number of aromatic nitrogens is 2. The third kappa shape index (κ3) is 2.70. The zero-order chi connectivity index (χ0) is 11.5. The number of piperidine rings is 1. The van der Waals surface area contributed by atoms with Crippen LogP contribution in [0.2, 0.25) is 0 Å². The van der Waals surface area contributed by atoms with Crippen LogP contribution in [0, 0.1) is 12.8 Å². The standard InChI is InChI=1S/C12H20N4/c1-9-7-16(3)5-4-11(9)15-12-6-10(2)13-8-14-12/h6,8-9,11H,4-5,7H2,1-3H3,(H,13,14,15). The number of rotatable bonds is 2. The molecule has 1 aliphatic heterocycles. The summed E-state index contributed by atoms with van der Waals surface area (Å²) in [4.78, 5) is 10.7. The van der Waals surface area contributed by atoms with Crippen LogP contribution in [0.5, 0.6) is 0 Å². The third-order valence-electron chi connectivity index (χ3n) is 3.25. The van der Waals surface area contributed by atoms with E-state index in [4.69, 9.17) is 0 Å². The van der Waals surface area contributed by atoms with E-state index in [1.165, 1.54) is 6.42 Å². The molecule has 0 amide bonds. The van der Waals surface area contributed by atoms with Gasteiger partial charge in [0, 0.05) is 24.3 Å². The maximum absolute atomic E-state index is 4.25. The predicted octanol–water partition coefficient (Wildman–Crippen LogP) is 1.54. The number of hydrogen-bond donors (Lipinski definition) is 1. The van der Waals surface area contributed by atoms with Gasteiger partial charge in [0.2, 0.25) is 0 Å². The van der Waals surface area contributed by atoms with Gasteiger partial charge in [-0.05, 0) is 32.9 Å². The quantitative estimate of drug-likeness (QED) is 0.821. The molecule has 0 radical (unpaired) electrons. The minimum Gasteiger partial charge on any atom is -0.367 e. The van der Waals surface area contributed by atoms with E-state index in [2.05, 4.69) is 34.2 Å². The van der Waals surface area contributed by atoms with Gasteiger partial charge in [0.15, 0.2) is 0 Å². The largest absolute Gasteiger partial charge is 0.367 e. The lowest BCUT2D eigenvalue weighted by atomic mass is 9.94. The van der Waals surface area contributed by atoms with Crippen molar-refractivity contribution in [3.05, 3.63) is 18.1 Å². The van der Waals surface area contributed by atoms with Gasteiger partial charge in [0.1, 0.15) is 12.1 Å². The highest BCUT2D eigenvalue weighted by Crippen LogP contribution is 2.19. The topological polar surface area (TPSA) is 41.0 Å². The first-order chi connectivity index (χ1) is 7.65. The summed E-state index contributed by atoms with van der Waals surface area (Å²) in [5.41, 5.74) is 1.01. The van der Waals surface area contributed by atoms with Crippen molar-refractivity contribution >= 4 is 5.82 Å². The Morgan fingerprint density at radius 2 is 2.25 bits per heavy atom. The van der Waals surface area contributed by atoms with Gasteiger partial charge in [0.05, 0.1) is 0 Å². The van der Waals surface area contributed by atoms with E-state index in [9.17, 15) is 0 Å². The lowest BCUT2D eigenvalue weighted by Crippen LogP contribution is -2.43. The van der Waals surface area contributed by atoms with Crippen LogP contribution in [0.4, 0.5) is 5.82 Å². The highest BCUT2D eigenvalue weighted by molar-refractivity contribution is 5.36. The van der Waals surface area contributed by atoms with Crippen LogP contribution in [0.3, 0.4) is 0 Å². The highest BCUT2D eigenvalue weighted by atomic mass is 15.1. The fourth-order valence-electron chi connectivity index (χ4n) is 2.29. The Balaban J connectivity index is 1.99. The highest BCUT2D eigenvalue weighted by Gasteiger charge is 2.24. The molecule has 4 nitrogen and oxygen atoms in total. The molecule has 0 bridgehead atoms. The molecule has 16 heavy (non-hydrogen) atoms. The molecular formula is C12H20N4. The van der Waals surface area contributed by atoms with Gasteiger partial charge in [0.25, 0.3) is 0 Å². The van der Waals surface area contributed by atoms with Crippen molar-refractivity contribution in [1.82, 2.24) is 14.9 Å². The zero-order valence-electron chi connectivity index (χ0n) is 10.3. The smallest absolute Gasteiger partial charge is 0.129 e. The van der Waals surface area contributed by atoms with E-state index in [0.29, 0.717) is 12.0 Å². The first-order valence-corrected chi connectivity index (χ1v) is 5.89. The van der Waals surface area contributed by atoms with E-state index in [1.54, 1.807) is 6.33 Å². The number of nitrogens with zero attached hydrogens (tertiary/aromatic N) is 3. The molecule has 4 heteroatoms. The maximum Gasteiger partial charge on any atom is 0.129 e. The van der Waals surface area contributed by atoms with Gasteiger partial charge in [-0.25, -0.2) is 9.97 Å². The molecule has 2 rings (SSSR count). The van der Waals surface area contributed by atoms with Crippen molar-refractivity contribution in [1.29, 1.82) is 0 Å². The second-order valence-electron chi connectivity index (χ2n) is 4.82. The zero-order valence-corrected chi connectivity index (χ0v) is 10.3. The molecule has 0 saturated carbocycles. The second-order valence-corrected chi connectivity index (χ2v) is 4.82. The van der Waals surface area contributed by atoms with Crippen molar-refractivity contribution in [2.75, 3.05) is 25.5 Å². The fourth-order valence-corrected chi connectivity index (χ4v) is 2.29.